The summed E-state index contributed by atoms with van der Waals surface area (Å²) in [7, 11) is 0. The van der Waals surface area contributed by atoms with Crippen LogP contribution in [0.2, 0.25) is 0 Å². The first-order valence-electron chi connectivity index (χ1n) is 5.74. The molecule has 0 bridgehead atoms. The number of hydrogen-bond donors (Lipinski definition) is 2. The van der Waals surface area contributed by atoms with Gasteiger partial charge in [0.05, 0.1) is 6.04 Å². The highest BCUT2D eigenvalue weighted by molar-refractivity contribution is 5.84. The lowest BCUT2D eigenvalue weighted by Crippen LogP contribution is -2.48. The Kier molecular flexibility index (Phi) is 3.97. The Labute approximate surface area is 92.1 Å². The van der Waals surface area contributed by atoms with Crippen LogP contribution in [0, 0.1) is 5.41 Å². The topological polar surface area (TPSA) is 61.8 Å². The van der Waals surface area contributed by atoms with Gasteiger partial charge >= 0.3 is 0 Å². The maximum absolute atomic E-state index is 8.62. The minimum atomic E-state index is 0.0522. The predicted octanol–water partition coefficient (Wildman–Crippen LogP) is 1.63. The fourth-order valence-corrected chi connectivity index (χ4v) is 2.08. The molecule has 1 aliphatic rings. The molecule has 1 unspecified atom stereocenters. The Hall–Kier alpha value is -0.770. The summed E-state index contributed by atoms with van der Waals surface area (Å²) in [5.41, 5.74) is 6.09. The van der Waals surface area contributed by atoms with Gasteiger partial charge < -0.3 is 10.9 Å². The minimum absolute atomic E-state index is 0.0522. The molecule has 0 aromatic rings. The maximum atomic E-state index is 8.62. The summed E-state index contributed by atoms with van der Waals surface area (Å²) in [6.45, 7) is 8.67. The van der Waals surface area contributed by atoms with Gasteiger partial charge in [-0.1, -0.05) is 25.4 Å². The van der Waals surface area contributed by atoms with Gasteiger partial charge in [-0.05, 0) is 38.3 Å². The third-order valence-electron chi connectivity index (χ3n) is 3.95. The summed E-state index contributed by atoms with van der Waals surface area (Å²) >= 11 is 0. The molecule has 0 aromatic heterocycles. The standard InChI is InChI=1S/C11H23N3O/c1-4-11(3)5-7-14(8-6-11)9(2)10(12)13-15/h9,15H,4-8H2,1-3H3,(H2,12,13). The summed E-state index contributed by atoms with van der Waals surface area (Å²) in [5.74, 6) is 0.315. The maximum Gasteiger partial charge on any atom is 0.156 e. The Morgan fingerprint density at radius 1 is 1.53 bits per heavy atom. The molecule has 0 saturated carbocycles. The number of likely N-dealkylation sites (tertiary alicyclic amines) is 1. The van der Waals surface area contributed by atoms with E-state index in [9.17, 15) is 0 Å². The molecule has 0 aliphatic carbocycles. The van der Waals surface area contributed by atoms with Crippen LogP contribution in [0.5, 0.6) is 0 Å². The van der Waals surface area contributed by atoms with E-state index in [1.54, 1.807) is 0 Å². The van der Waals surface area contributed by atoms with Crippen molar-refractivity contribution in [1.29, 1.82) is 0 Å². The van der Waals surface area contributed by atoms with Crippen LogP contribution >= 0.6 is 0 Å². The fourth-order valence-electron chi connectivity index (χ4n) is 2.08. The molecule has 4 nitrogen and oxygen atoms in total. The van der Waals surface area contributed by atoms with E-state index >= 15 is 0 Å². The van der Waals surface area contributed by atoms with E-state index in [1.807, 2.05) is 6.92 Å². The monoisotopic (exact) mass is 213 g/mol. The van der Waals surface area contributed by atoms with Crippen molar-refractivity contribution in [2.45, 2.75) is 46.1 Å². The van der Waals surface area contributed by atoms with Crippen LogP contribution in [0.4, 0.5) is 0 Å². The molecular weight excluding hydrogens is 190 g/mol. The number of rotatable bonds is 3. The van der Waals surface area contributed by atoms with Gasteiger partial charge in [-0.2, -0.15) is 0 Å². The molecule has 0 spiro atoms. The average molecular weight is 213 g/mol. The van der Waals surface area contributed by atoms with Crippen molar-refractivity contribution in [3.8, 4) is 0 Å². The Morgan fingerprint density at radius 3 is 2.47 bits per heavy atom. The van der Waals surface area contributed by atoms with E-state index < -0.39 is 0 Å². The van der Waals surface area contributed by atoms with Gasteiger partial charge in [0.15, 0.2) is 5.84 Å². The summed E-state index contributed by atoms with van der Waals surface area (Å²) in [5, 5.41) is 11.7. The first-order valence-corrected chi connectivity index (χ1v) is 5.74. The lowest BCUT2D eigenvalue weighted by molar-refractivity contribution is 0.104. The first kappa shape index (κ1) is 12.3. The zero-order valence-corrected chi connectivity index (χ0v) is 10.0. The van der Waals surface area contributed by atoms with Crippen molar-refractivity contribution in [2.24, 2.45) is 16.3 Å². The number of amidine groups is 1. The van der Waals surface area contributed by atoms with E-state index in [4.69, 9.17) is 10.9 Å². The fraction of sp³-hybridized carbons (Fsp3) is 0.909. The summed E-state index contributed by atoms with van der Waals surface area (Å²) in [6.07, 6.45) is 3.64. The van der Waals surface area contributed by atoms with Crippen LogP contribution < -0.4 is 5.73 Å². The Morgan fingerprint density at radius 2 is 2.07 bits per heavy atom. The smallest absolute Gasteiger partial charge is 0.156 e. The molecule has 0 aromatic carbocycles. The van der Waals surface area contributed by atoms with Crippen molar-refractivity contribution in [3.05, 3.63) is 0 Å². The van der Waals surface area contributed by atoms with Gasteiger partial charge in [-0.15, -0.1) is 0 Å². The Bertz CT molecular complexity index is 232. The Balaban J connectivity index is 2.50. The van der Waals surface area contributed by atoms with Crippen LogP contribution in [-0.4, -0.2) is 35.1 Å². The SMILES string of the molecule is CCC1(C)CCN(C(C)C(N)=NO)CC1. The molecule has 3 N–H and O–H groups in total. The molecule has 0 radical (unpaired) electrons. The predicted molar refractivity (Wildman–Crippen MR) is 62.1 cm³/mol. The number of oxime groups is 1. The van der Waals surface area contributed by atoms with Crippen LogP contribution in [0.3, 0.4) is 0 Å². The molecule has 1 rings (SSSR count). The number of piperidine rings is 1. The zero-order chi connectivity index (χ0) is 11.5. The zero-order valence-electron chi connectivity index (χ0n) is 10.0. The highest BCUT2D eigenvalue weighted by Crippen LogP contribution is 2.34. The summed E-state index contributed by atoms with van der Waals surface area (Å²) < 4.78 is 0. The quantitative estimate of drug-likeness (QED) is 0.324. The van der Waals surface area contributed by atoms with Crippen LogP contribution in [0.25, 0.3) is 0 Å². The summed E-state index contributed by atoms with van der Waals surface area (Å²) in [4.78, 5) is 2.28. The van der Waals surface area contributed by atoms with E-state index in [0.717, 1.165) is 13.1 Å². The molecule has 1 heterocycles. The third kappa shape index (κ3) is 2.84. The number of hydrogen-bond acceptors (Lipinski definition) is 3. The average Bonchev–Trinajstić information content (AvgIpc) is 2.28. The first-order chi connectivity index (χ1) is 7.02. The molecule has 4 heteroatoms. The molecule has 15 heavy (non-hydrogen) atoms. The second-order valence-corrected chi connectivity index (χ2v) is 4.90. The van der Waals surface area contributed by atoms with Crippen LogP contribution in [-0.2, 0) is 0 Å². The van der Waals surface area contributed by atoms with Gasteiger partial charge in [-0.25, -0.2) is 0 Å². The van der Waals surface area contributed by atoms with Gasteiger partial charge in [0, 0.05) is 0 Å². The van der Waals surface area contributed by atoms with Gasteiger partial charge in [0.1, 0.15) is 0 Å². The van der Waals surface area contributed by atoms with Crippen LogP contribution in [0.15, 0.2) is 5.16 Å². The van der Waals surface area contributed by atoms with Crippen molar-refractivity contribution in [2.75, 3.05) is 13.1 Å². The molecule has 1 atom stereocenters. The lowest BCUT2D eigenvalue weighted by atomic mass is 9.78. The van der Waals surface area contributed by atoms with E-state index in [0.29, 0.717) is 11.3 Å². The van der Waals surface area contributed by atoms with Crippen molar-refractivity contribution in [3.63, 3.8) is 0 Å². The number of nitrogens with two attached hydrogens (primary N) is 1. The van der Waals surface area contributed by atoms with E-state index in [2.05, 4.69) is 23.9 Å². The number of nitrogens with zero attached hydrogens (tertiary/aromatic N) is 2. The highest BCUT2D eigenvalue weighted by atomic mass is 16.4. The largest absolute Gasteiger partial charge is 0.409 e. The molecule has 88 valence electrons. The van der Waals surface area contributed by atoms with Crippen molar-refractivity contribution >= 4 is 5.84 Å². The van der Waals surface area contributed by atoms with Crippen molar-refractivity contribution < 1.29 is 5.21 Å². The molecule has 1 saturated heterocycles. The molecule has 1 fully saturated rings. The van der Waals surface area contributed by atoms with E-state index in [-0.39, 0.29) is 6.04 Å². The minimum Gasteiger partial charge on any atom is -0.409 e. The molecule has 1 aliphatic heterocycles. The second kappa shape index (κ2) is 4.84. The van der Waals surface area contributed by atoms with Gasteiger partial charge in [0.25, 0.3) is 0 Å². The third-order valence-corrected chi connectivity index (χ3v) is 3.95. The van der Waals surface area contributed by atoms with Gasteiger partial charge in [0.2, 0.25) is 0 Å². The summed E-state index contributed by atoms with van der Waals surface area (Å²) in [6, 6.07) is 0.0522. The molecular formula is C11H23N3O. The van der Waals surface area contributed by atoms with E-state index in [1.165, 1.54) is 19.3 Å². The highest BCUT2D eigenvalue weighted by Gasteiger charge is 2.30. The van der Waals surface area contributed by atoms with Crippen molar-refractivity contribution in [1.82, 2.24) is 4.90 Å². The second-order valence-electron chi connectivity index (χ2n) is 4.90. The molecule has 0 amide bonds. The van der Waals surface area contributed by atoms with Gasteiger partial charge in [-0.3, -0.25) is 4.90 Å². The normalized spacial score (nSPS) is 25.1. The van der Waals surface area contributed by atoms with Crippen LogP contribution in [0.1, 0.15) is 40.0 Å². The lowest BCUT2D eigenvalue weighted by Gasteiger charge is -2.41.